The molecule has 0 bridgehead atoms. The van der Waals surface area contributed by atoms with Gasteiger partial charge in [0.05, 0.1) is 34.3 Å². The molecule has 0 aliphatic heterocycles. The van der Waals surface area contributed by atoms with Crippen molar-refractivity contribution in [1.82, 2.24) is 9.55 Å². The van der Waals surface area contributed by atoms with Crippen molar-refractivity contribution in [1.29, 1.82) is 0 Å². The van der Waals surface area contributed by atoms with Gasteiger partial charge >= 0.3 is 6.18 Å². The number of alkyl halides is 3. The zero-order valence-corrected chi connectivity index (χ0v) is 12.5. The number of non-ortho nitro benzene ring substituents is 1. The summed E-state index contributed by atoms with van der Waals surface area (Å²) in [7, 11) is 0. The van der Waals surface area contributed by atoms with E-state index in [2.05, 4.69) is 4.98 Å². The second-order valence-corrected chi connectivity index (χ2v) is 5.33. The molecule has 128 valence electrons. The van der Waals surface area contributed by atoms with Crippen molar-refractivity contribution < 1.29 is 18.1 Å². The van der Waals surface area contributed by atoms with Crippen LogP contribution in [0.25, 0.3) is 10.9 Å². The fourth-order valence-electron chi connectivity index (χ4n) is 2.42. The molecule has 0 saturated carbocycles. The molecule has 9 heteroatoms. The van der Waals surface area contributed by atoms with Crippen LogP contribution < -0.4 is 5.56 Å². The Labute approximate surface area is 138 Å². The Kier molecular flexibility index (Phi) is 3.99. The maximum Gasteiger partial charge on any atom is 0.416 e. The lowest BCUT2D eigenvalue weighted by Gasteiger charge is -2.10. The van der Waals surface area contributed by atoms with Gasteiger partial charge in [0.25, 0.3) is 11.2 Å². The third-order valence-corrected chi connectivity index (χ3v) is 3.63. The van der Waals surface area contributed by atoms with Gasteiger partial charge in [0.1, 0.15) is 0 Å². The van der Waals surface area contributed by atoms with Gasteiger partial charge in [0.15, 0.2) is 0 Å². The highest BCUT2D eigenvalue weighted by Crippen LogP contribution is 2.29. The van der Waals surface area contributed by atoms with E-state index >= 15 is 0 Å². The molecule has 0 unspecified atom stereocenters. The zero-order valence-electron chi connectivity index (χ0n) is 12.5. The van der Waals surface area contributed by atoms with Gasteiger partial charge in [-0.3, -0.25) is 19.5 Å². The monoisotopic (exact) mass is 349 g/mol. The van der Waals surface area contributed by atoms with Gasteiger partial charge in [-0.1, -0.05) is 12.1 Å². The molecule has 0 aliphatic carbocycles. The maximum atomic E-state index is 12.8. The van der Waals surface area contributed by atoms with E-state index in [9.17, 15) is 28.1 Å². The Morgan fingerprint density at radius 2 is 1.92 bits per heavy atom. The summed E-state index contributed by atoms with van der Waals surface area (Å²) in [4.78, 5) is 26.6. The van der Waals surface area contributed by atoms with Crippen LogP contribution in [0.1, 0.15) is 11.1 Å². The van der Waals surface area contributed by atoms with Gasteiger partial charge in [-0.15, -0.1) is 0 Å². The molecule has 2 aromatic carbocycles. The minimum Gasteiger partial charge on any atom is -0.294 e. The fourth-order valence-corrected chi connectivity index (χ4v) is 2.42. The smallest absolute Gasteiger partial charge is 0.294 e. The average Bonchev–Trinajstić information content (AvgIpc) is 2.56. The van der Waals surface area contributed by atoms with Gasteiger partial charge in [-0.2, -0.15) is 13.2 Å². The minimum absolute atomic E-state index is 0.0946. The normalized spacial score (nSPS) is 11.6. The highest BCUT2D eigenvalue weighted by Gasteiger charge is 2.30. The maximum absolute atomic E-state index is 12.8. The van der Waals surface area contributed by atoms with Crippen molar-refractivity contribution in [3.63, 3.8) is 0 Å². The number of fused-ring (bicyclic) bond motifs is 1. The van der Waals surface area contributed by atoms with E-state index in [0.29, 0.717) is 5.56 Å². The number of hydrogen-bond acceptors (Lipinski definition) is 4. The average molecular weight is 349 g/mol. The van der Waals surface area contributed by atoms with Crippen molar-refractivity contribution >= 4 is 16.6 Å². The first-order valence-corrected chi connectivity index (χ1v) is 7.05. The Bertz CT molecular complexity index is 1030. The van der Waals surface area contributed by atoms with Gasteiger partial charge in [-0.05, 0) is 23.8 Å². The van der Waals surface area contributed by atoms with Crippen LogP contribution in [0, 0.1) is 10.1 Å². The second-order valence-electron chi connectivity index (χ2n) is 5.33. The van der Waals surface area contributed by atoms with Crippen LogP contribution >= 0.6 is 0 Å². The van der Waals surface area contributed by atoms with Crippen LogP contribution in [0.2, 0.25) is 0 Å². The summed E-state index contributed by atoms with van der Waals surface area (Å²) in [6.45, 7) is -0.0946. The second kappa shape index (κ2) is 6.00. The molecule has 25 heavy (non-hydrogen) atoms. The number of nitro groups is 1. The Morgan fingerprint density at radius 3 is 2.60 bits per heavy atom. The molecular formula is C16H10F3N3O3. The SMILES string of the molecule is O=c1c2ccc([N+](=O)[O-])cc2ncn1Cc1cccc(C(F)(F)F)c1. The van der Waals surface area contributed by atoms with Gasteiger partial charge in [-0.25, -0.2) is 4.98 Å². The molecular weight excluding hydrogens is 339 g/mol. The third kappa shape index (κ3) is 3.35. The minimum atomic E-state index is -4.47. The van der Waals surface area contributed by atoms with E-state index < -0.39 is 22.2 Å². The van der Waals surface area contributed by atoms with Crippen molar-refractivity contribution in [2.24, 2.45) is 0 Å². The topological polar surface area (TPSA) is 78.0 Å². The summed E-state index contributed by atoms with van der Waals surface area (Å²) in [6.07, 6.45) is -3.31. The molecule has 0 aliphatic rings. The molecule has 0 amide bonds. The lowest BCUT2D eigenvalue weighted by atomic mass is 10.1. The summed E-state index contributed by atoms with van der Waals surface area (Å²) in [5, 5.41) is 10.9. The van der Waals surface area contributed by atoms with Crippen molar-refractivity contribution in [3.8, 4) is 0 Å². The van der Waals surface area contributed by atoms with Crippen molar-refractivity contribution in [2.75, 3.05) is 0 Å². The van der Waals surface area contributed by atoms with E-state index in [0.717, 1.165) is 23.0 Å². The molecule has 0 N–H and O–H groups in total. The van der Waals surface area contributed by atoms with E-state index in [1.165, 1.54) is 30.3 Å². The molecule has 0 fully saturated rings. The number of aromatic nitrogens is 2. The first-order chi connectivity index (χ1) is 11.8. The molecule has 3 rings (SSSR count). The van der Waals surface area contributed by atoms with Crippen LogP contribution in [-0.2, 0) is 12.7 Å². The van der Waals surface area contributed by atoms with Gasteiger partial charge < -0.3 is 0 Å². The first kappa shape index (κ1) is 16.6. The fraction of sp³-hybridized carbons (Fsp3) is 0.125. The van der Waals surface area contributed by atoms with Crippen LogP contribution in [0.3, 0.4) is 0 Å². The highest BCUT2D eigenvalue weighted by molar-refractivity contribution is 5.79. The lowest BCUT2D eigenvalue weighted by molar-refractivity contribution is -0.384. The molecule has 3 aromatic rings. The summed E-state index contributed by atoms with van der Waals surface area (Å²) < 4.78 is 39.4. The number of halogens is 3. The van der Waals surface area contributed by atoms with Crippen LogP contribution in [0.4, 0.5) is 18.9 Å². The van der Waals surface area contributed by atoms with Gasteiger partial charge in [0.2, 0.25) is 0 Å². The summed E-state index contributed by atoms with van der Waals surface area (Å²) in [5.41, 5.74) is -1.05. The number of nitro benzene ring substituents is 1. The first-order valence-electron chi connectivity index (χ1n) is 7.05. The van der Waals surface area contributed by atoms with Gasteiger partial charge in [0, 0.05) is 12.1 Å². The number of rotatable bonds is 3. The quantitative estimate of drug-likeness (QED) is 0.536. The van der Waals surface area contributed by atoms with E-state index in [4.69, 9.17) is 0 Å². The largest absolute Gasteiger partial charge is 0.416 e. The molecule has 6 nitrogen and oxygen atoms in total. The van der Waals surface area contributed by atoms with Crippen LogP contribution in [0.5, 0.6) is 0 Å². The predicted molar refractivity (Wildman–Crippen MR) is 83.2 cm³/mol. The summed E-state index contributed by atoms with van der Waals surface area (Å²) in [6, 6.07) is 8.29. The van der Waals surface area contributed by atoms with E-state index in [-0.39, 0.29) is 23.1 Å². The molecule has 0 spiro atoms. The van der Waals surface area contributed by atoms with E-state index in [1.807, 2.05) is 0 Å². The third-order valence-electron chi connectivity index (χ3n) is 3.63. The molecule has 0 saturated heterocycles. The predicted octanol–water partition coefficient (Wildman–Crippen LogP) is 3.37. The lowest BCUT2D eigenvalue weighted by Crippen LogP contribution is -2.21. The Hall–Kier alpha value is -3.23. The zero-order chi connectivity index (χ0) is 18.2. The summed E-state index contributed by atoms with van der Waals surface area (Å²) >= 11 is 0. The summed E-state index contributed by atoms with van der Waals surface area (Å²) in [5.74, 6) is 0. The Balaban J connectivity index is 2.00. The van der Waals surface area contributed by atoms with Crippen LogP contribution in [-0.4, -0.2) is 14.5 Å². The highest BCUT2D eigenvalue weighted by atomic mass is 19.4. The van der Waals surface area contributed by atoms with Crippen molar-refractivity contribution in [2.45, 2.75) is 12.7 Å². The molecule has 0 radical (unpaired) electrons. The molecule has 1 aromatic heterocycles. The molecule has 1 heterocycles. The Morgan fingerprint density at radius 1 is 1.16 bits per heavy atom. The number of nitrogens with zero attached hydrogens (tertiary/aromatic N) is 3. The van der Waals surface area contributed by atoms with E-state index in [1.54, 1.807) is 0 Å². The van der Waals surface area contributed by atoms with Crippen LogP contribution in [0.15, 0.2) is 53.6 Å². The number of hydrogen-bond donors (Lipinski definition) is 0. The molecule has 0 atom stereocenters. The number of benzene rings is 2. The van der Waals surface area contributed by atoms with Crippen molar-refractivity contribution in [3.05, 3.63) is 80.4 Å². The standard InChI is InChI=1S/C16H10F3N3O3/c17-16(18,19)11-3-1-2-10(6-11)8-21-9-20-14-7-12(22(24)25)4-5-13(14)15(21)23/h1-7,9H,8H2.